The van der Waals surface area contributed by atoms with Crippen LogP contribution in [0.25, 0.3) is 11.3 Å². The molecule has 5 heteroatoms. The zero-order valence-electron chi connectivity index (χ0n) is 11.6. The number of aromatic nitrogens is 1. The molecule has 0 saturated carbocycles. The van der Waals surface area contributed by atoms with Crippen molar-refractivity contribution in [3.8, 4) is 11.3 Å². The van der Waals surface area contributed by atoms with Gasteiger partial charge in [-0.25, -0.2) is 0 Å². The molecule has 0 N–H and O–H groups in total. The van der Waals surface area contributed by atoms with Gasteiger partial charge in [0.05, 0.1) is 5.97 Å². The molecule has 1 aromatic carbocycles. The molecule has 1 aromatic heterocycles. The number of hydrogen-bond donors (Lipinski definition) is 0. The summed E-state index contributed by atoms with van der Waals surface area (Å²) < 4.78 is 5.20. The predicted octanol–water partition coefficient (Wildman–Crippen LogP) is -0.993. The van der Waals surface area contributed by atoms with Crippen LogP contribution in [0.15, 0.2) is 34.9 Å². The Bertz CT molecular complexity index is 570. The van der Waals surface area contributed by atoms with Crippen molar-refractivity contribution < 1.29 is 44.0 Å². The van der Waals surface area contributed by atoms with Crippen LogP contribution in [0.2, 0.25) is 0 Å². The fraction of sp³-hybridized carbons (Fsp3) is 0.286. The van der Waals surface area contributed by atoms with Crippen LogP contribution in [-0.4, -0.2) is 11.1 Å². The standard InChI is InChI=1S/C14H15NO3.Na/c1-14(2,3)10-11(13(16)17)15-18-12(10)9-7-5-4-6-8-9;/h4-8H,1-3H3,(H,16,17);/q;+1/p-1. The largest absolute Gasteiger partial charge is 1.00 e. The van der Waals surface area contributed by atoms with Gasteiger partial charge in [0, 0.05) is 11.1 Å². The van der Waals surface area contributed by atoms with Crippen molar-refractivity contribution in [1.29, 1.82) is 0 Å². The van der Waals surface area contributed by atoms with E-state index in [0.29, 0.717) is 11.3 Å². The molecule has 0 aliphatic carbocycles. The van der Waals surface area contributed by atoms with E-state index in [1.807, 2.05) is 51.1 Å². The van der Waals surface area contributed by atoms with Gasteiger partial charge in [0.25, 0.3) is 0 Å². The van der Waals surface area contributed by atoms with Crippen molar-refractivity contribution >= 4 is 5.97 Å². The van der Waals surface area contributed by atoms with E-state index in [9.17, 15) is 9.90 Å². The molecule has 2 rings (SSSR count). The molecule has 0 radical (unpaired) electrons. The molecule has 0 atom stereocenters. The van der Waals surface area contributed by atoms with Gasteiger partial charge in [-0.05, 0) is 5.41 Å². The number of rotatable bonds is 2. The maximum absolute atomic E-state index is 11.1. The molecule has 0 fully saturated rings. The number of carboxylic acid groups (broad SMARTS) is 1. The Kier molecular flexibility index (Phi) is 4.96. The van der Waals surface area contributed by atoms with Crippen molar-refractivity contribution in [2.24, 2.45) is 0 Å². The van der Waals surface area contributed by atoms with Gasteiger partial charge < -0.3 is 14.4 Å². The first-order chi connectivity index (χ1) is 8.41. The number of nitrogens with zero attached hydrogens (tertiary/aromatic N) is 1. The van der Waals surface area contributed by atoms with Gasteiger partial charge in [-0.2, -0.15) is 0 Å². The molecule has 0 bridgehead atoms. The van der Waals surface area contributed by atoms with Crippen molar-refractivity contribution in [2.75, 3.05) is 0 Å². The van der Waals surface area contributed by atoms with Gasteiger partial charge in [0.2, 0.25) is 0 Å². The van der Waals surface area contributed by atoms with Crippen molar-refractivity contribution in [1.82, 2.24) is 5.16 Å². The van der Waals surface area contributed by atoms with Crippen molar-refractivity contribution in [3.63, 3.8) is 0 Å². The Morgan fingerprint density at radius 1 is 1.21 bits per heavy atom. The van der Waals surface area contributed by atoms with E-state index in [0.717, 1.165) is 5.56 Å². The molecule has 4 nitrogen and oxygen atoms in total. The second kappa shape index (κ2) is 5.90. The number of aromatic carboxylic acids is 1. The maximum atomic E-state index is 11.1. The first-order valence-electron chi connectivity index (χ1n) is 5.68. The molecule has 19 heavy (non-hydrogen) atoms. The number of hydrogen-bond acceptors (Lipinski definition) is 4. The van der Waals surface area contributed by atoms with E-state index in [-0.39, 0.29) is 40.7 Å². The number of carboxylic acids is 1. The minimum atomic E-state index is -1.31. The Labute approximate surface area is 134 Å². The van der Waals surface area contributed by atoms with Crippen LogP contribution < -0.4 is 34.7 Å². The van der Waals surface area contributed by atoms with Gasteiger partial charge in [-0.15, -0.1) is 0 Å². The molecular formula is C14H14NNaO3. The van der Waals surface area contributed by atoms with Gasteiger partial charge in [0.1, 0.15) is 5.69 Å². The van der Waals surface area contributed by atoms with Crippen LogP contribution in [-0.2, 0) is 5.41 Å². The molecule has 0 aliphatic rings. The molecule has 0 spiro atoms. The third kappa shape index (κ3) is 3.26. The SMILES string of the molecule is CC(C)(C)c1c(C(=O)[O-])noc1-c1ccccc1.[Na+]. The first-order valence-corrected chi connectivity index (χ1v) is 5.68. The fourth-order valence-electron chi connectivity index (χ4n) is 1.91. The second-order valence-electron chi connectivity index (χ2n) is 5.14. The van der Waals surface area contributed by atoms with Crippen LogP contribution >= 0.6 is 0 Å². The minimum Gasteiger partial charge on any atom is -0.543 e. The quantitative estimate of drug-likeness (QED) is 0.655. The average Bonchev–Trinajstić information content (AvgIpc) is 2.74. The third-order valence-corrected chi connectivity index (χ3v) is 2.67. The van der Waals surface area contributed by atoms with Crippen LogP contribution in [0.1, 0.15) is 36.8 Å². The minimum absolute atomic E-state index is 0. The molecular weight excluding hydrogens is 253 g/mol. The summed E-state index contributed by atoms with van der Waals surface area (Å²) in [5.74, 6) is -0.826. The number of carbonyl (C=O) groups excluding carboxylic acids is 1. The summed E-state index contributed by atoms with van der Waals surface area (Å²) in [7, 11) is 0. The summed E-state index contributed by atoms with van der Waals surface area (Å²) in [6.07, 6.45) is 0. The Morgan fingerprint density at radius 3 is 2.26 bits per heavy atom. The second-order valence-corrected chi connectivity index (χ2v) is 5.14. The Morgan fingerprint density at radius 2 is 1.79 bits per heavy atom. The molecule has 1 heterocycles. The number of carbonyl (C=O) groups is 1. The third-order valence-electron chi connectivity index (χ3n) is 2.67. The summed E-state index contributed by atoms with van der Waals surface area (Å²) in [5.41, 5.74) is 0.859. The Hall–Kier alpha value is -1.10. The molecule has 2 aromatic rings. The van der Waals surface area contributed by atoms with E-state index in [1.165, 1.54) is 0 Å². The summed E-state index contributed by atoms with van der Waals surface area (Å²) in [4.78, 5) is 11.1. The molecule has 0 saturated heterocycles. The van der Waals surface area contributed by atoms with Gasteiger partial charge in [-0.1, -0.05) is 56.3 Å². The summed E-state index contributed by atoms with van der Waals surface area (Å²) in [6, 6.07) is 9.33. The van der Waals surface area contributed by atoms with E-state index in [1.54, 1.807) is 0 Å². The van der Waals surface area contributed by atoms with Gasteiger partial charge >= 0.3 is 29.6 Å². The topological polar surface area (TPSA) is 66.2 Å². The number of benzene rings is 1. The molecule has 94 valence electrons. The normalized spacial score (nSPS) is 10.9. The first kappa shape index (κ1) is 16.0. The van der Waals surface area contributed by atoms with Crippen molar-refractivity contribution in [2.45, 2.75) is 26.2 Å². The predicted molar refractivity (Wildman–Crippen MR) is 65.0 cm³/mol. The fourth-order valence-corrected chi connectivity index (χ4v) is 1.91. The maximum Gasteiger partial charge on any atom is 1.00 e. The average molecular weight is 267 g/mol. The zero-order chi connectivity index (χ0) is 13.3. The summed E-state index contributed by atoms with van der Waals surface area (Å²) >= 11 is 0. The van der Waals surface area contributed by atoms with E-state index in [4.69, 9.17) is 4.52 Å². The van der Waals surface area contributed by atoms with Gasteiger partial charge in [0.15, 0.2) is 5.76 Å². The van der Waals surface area contributed by atoms with Crippen LogP contribution in [0.4, 0.5) is 0 Å². The zero-order valence-corrected chi connectivity index (χ0v) is 13.6. The molecule has 0 unspecified atom stereocenters. The van der Waals surface area contributed by atoms with Crippen molar-refractivity contribution in [3.05, 3.63) is 41.6 Å². The van der Waals surface area contributed by atoms with Crippen LogP contribution in [0, 0.1) is 0 Å². The smallest absolute Gasteiger partial charge is 0.543 e. The Balaban J connectivity index is 0.00000180. The van der Waals surface area contributed by atoms with Crippen LogP contribution in [0.5, 0.6) is 0 Å². The van der Waals surface area contributed by atoms with Crippen LogP contribution in [0.3, 0.4) is 0 Å². The monoisotopic (exact) mass is 267 g/mol. The van der Waals surface area contributed by atoms with Gasteiger partial charge in [-0.3, -0.25) is 0 Å². The molecule has 0 aliphatic heterocycles. The molecule has 0 amide bonds. The summed E-state index contributed by atoms with van der Waals surface area (Å²) in [6.45, 7) is 5.75. The van der Waals surface area contributed by atoms with E-state index in [2.05, 4.69) is 5.16 Å². The van der Waals surface area contributed by atoms with E-state index < -0.39 is 5.97 Å². The summed E-state index contributed by atoms with van der Waals surface area (Å²) in [5, 5.41) is 14.7. The van der Waals surface area contributed by atoms with E-state index >= 15 is 0 Å².